The third-order valence-corrected chi connectivity index (χ3v) is 3.71. The molecule has 0 bridgehead atoms. The van der Waals surface area contributed by atoms with Crippen LogP contribution in [0.3, 0.4) is 0 Å². The first-order valence-electron chi connectivity index (χ1n) is 6.31. The topological polar surface area (TPSA) is 35.0 Å². The van der Waals surface area contributed by atoms with E-state index in [9.17, 15) is 0 Å². The Hall–Kier alpha value is -1.42. The Morgan fingerprint density at radius 2 is 2.00 bits per heavy atom. The van der Waals surface area contributed by atoms with Gasteiger partial charge in [0, 0.05) is 23.0 Å². The van der Waals surface area contributed by atoms with Gasteiger partial charge in [-0.05, 0) is 18.4 Å². The molecule has 0 aliphatic heterocycles. The van der Waals surface area contributed by atoms with Gasteiger partial charge in [-0.2, -0.15) is 0 Å². The lowest BCUT2D eigenvalue weighted by Crippen LogP contribution is -2.06. The number of halogens is 1. The van der Waals surface area contributed by atoms with Crippen LogP contribution < -0.4 is 4.74 Å². The maximum absolute atomic E-state index is 5.10. The average molecular weight is 321 g/mol. The van der Waals surface area contributed by atoms with Gasteiger partial charge < -0.3 is 4.74 Å². The zero-order chi connectivity index (χ0) is 13.5. The fraction of sp³-hybridized carbons (Fsp3) is 0.333. The lowest BCUT2D eigenvalue weighted by Gasteiger charge is -2.09. The van der Waals surface area contributed by atoms with Crippen molar-refractivity contribution in [2.45, 2.75) is 24.1 Å². The summed E-state index contributed by atoms with van der Waals surface area (Å²) in [5.41, 5.74) is 2.37. The summed E-state index contributed by atoms with van der Waals surface area (Å²) in [4.78, 5) is 8.68. The molecule has 0 aliphatic rings. The maximum Gasteiger partial charge on any atom is 0.216 e. The summed E-state index contributed by atoms with van der Waals surface area (Å²) in [5.74, 6) is 0.618. The van der Waals surface area contributed by atoms with Crippen LogP contribution in [0, 0.1) is 0 Å². The molecular weight excluding hydrogens is 304 g/mol. The molecule has 1 atom stereocenters. The number of hydrogen-bond acceptors (Lipinski definition) is 3. The average Bonchev–Trinajstić information content (AvgIpc) is 2.46. The van der Waals surface area contributed by atoms with E-state index in [1.165, 1.54) is 5.56 Å². The predicted molar refractivity (Wildman–Crippen MR) is 79.8 cm³/mol. The van der Waals surface area contributed by atoms with Gasteiger partial charge in [0.2, 0.25) is 5.88 Å². The number of aryl methyl sites for hydroxylation is 1. The SMILES string of the molecule is COc1cc(CC(Br)CCc2ccccc2)ncn1. The van der Waals surface area contributed by atoms with Gasteiger partial charge in [0.25, 0.3) is 0 Å². The van der Waals surface area contributed by atoms with E-state index in [0.717, 1.165) is 25.0 Å². The highest BCUT2D eigenvalue weighted by Gasteiger charge is 2.08. The molecule has 19 heavy (non-hydrogen) atoms. The van der Waals surface area contributed by atoms with E-state index < -0.39 is 0 Å². The number of ether oxygens (including phenoxy) is 1. The van der Waals surface area contributed by atoms with Gasteiger partial charge in [-0.1, -0.05) is 46.3 Å². The maximum atomic E-state index is 5.10. The number of methoxy groups -OCH3 is 1. The molecule has 1 unspecified atom stereocenters. The Bertz CT molecular complexity index is 505. The second kappa shape index (κ2) is 7.24. The smallest absolute Gasteiger partial charge is 0.216 e. The summed E-state index contributed by atoms with van der Waals surface area (Å²) in [7, 11) is 1.62. The molecule has 0 amide bonds. The van der Waals surface area contributed by atoms with Crippen LogP contribution in [0.15, 0.2) is 42.7 Å². The molecular formula is C15H17BrN2O. The van der Waals surface area contributed by atoms with Crippen molar-refractivity contribution < 1.29 is 4.74 Å². The van der Waals surface area contributed by atoms with Gasteiger partial charge in [-0.25, -0.2) is 9.97 Å². The minimum atomic E-state index is 0.410. The van der Waals surface area contributed by atoms with Crippen molar-refractivity contribution in [1.82, 2.24) is 9.97 Å². The van der Waals surface area contributed by atoms with Crippen LogP contribution in [-0.4, -0.2) is 21.9 Å². The largest absolute Gasteiger partial charge is 0.481 e. The minimum absolute atomic E-state index is 0.410. The number of aromatic nitrogens is 2. The first-order chi connectivity index (χ1) is 9.28. The Morgan fingerprint density at radius 3 is 2.74 bits per heavy atom. The molecule has 0 N–H and O–H groups in total. The molecule has 0 spiro atoms. The molecule has 4 heteroatoms. The molecule has 2 rings (SSSR count). The van der Waals surface area contributed by atoms with Crippen LogP contribution in [0.2, 0.25) is 0 Å². The van der Waals surface area contributed by atoms with Crippen LogP contribution >= 0.6 is 15.9 Å². The lowest BCUT2D eigenvalue weighted by molar-refractivity contribution is 0.396. The standard InChI is InChI=1S/C15H17BrN2O/c1-19-15-10-14(17-11-18-15)9-13(16)8-7-12-5-3-2-4-6-12/h2-6,10-11,13H,7-9H2,1H3. The number of rotatable bonds is 6. The highest BCUT2D eigenvalue weighted by molar-refractivity contribution is 9.09. The van der Waals surface area contributed by atoms with E-state index >= 15 is 0 Å². The molecule has 3 nitrogen and oxygen atoms in total. The van der Waals surface area contributed by atoms with Crippen LogP contribution in [0.25, 0.3) is 0 Å². The summed E-state index contributed by atoms with van der Waals surface area (Å²) >= 11 is 3.72. The van der Waals surface area contributed by atoms with Crippen molar-refractivity contribution in [3.8, 4) is 5.88 Å². The fourth-order valence-corrected chi connectivity index (χ4v) is 2.46. The van der Waals surface area contributed by atoms with E-state index in [2.05, 4.69) is 50.2 Å². The van der Waals surface area contributed by atoms with Crippen molar-refractivity contribution in [2.24, 2.45) is 0 Å². The van der Waals surface area contributed by atoms with E-state index in [4.69, 9.17) is 4.74 Å². The molecule has 1 heterocycles. The van der Waals surface area contributed by atoms with E-state index in [1.54, 1.807) is 13.4 Å². The van der Waals surface area contributed by atoms with E-state index in [-0.39, 0.29) is 0 Å². The van der Waals surface area contributed by atoms with Crippen LogP contribution in [0.4, 0.5) is 0 Å². The van der Waals surface area contributed by atoms with Crippen molar-refractivity contribution in [3.05, 3.63) is 54.0 Å². The Labute approximate surface area is 122 Å². The number of benzene rings is 1. The molecule has 100 valence electrons. The van der Waals surface area contributed by atoms with Crippen LogP contribution in [0.5, 0.6) is 5.88 Å². The molecule has 1 aromatic carbocycles. The summed E-state index contributed by atoms with van der Waals surface area (Å²) in [5, 5.41) is 0. The molecule has 2 aromatic rings. The van der Waals surface area contributed by atoms with Gasteiger partial charge in [0.05, 0.1) is 7.11 Å². The summed E-state index contributed by atoms with van der Waals surface area (Å²) in [6.07, 6.45) is 4.58. The zero-order valence-electron chi connectivity index (χ0n) is 10.9. The van der Waals surface area contributed by atoms with Gasteiger partial charge in [0.15, 0.2) is 0 Å². The van der Waals surface area contributed by atoms with Crippen molar-refractivity contribution in [3.63, 3.8) is 0 Å². The first kappa shape index (κ1) is 14.0. The van der Waals surface area contributed by atoms with Gasteiger partial charge >= 0.3 is 0 Å². The highest BCUT2D eigenvalue weighted by Crippen LogP contribution is 2.16. The second-order valence-electron chi connectivity index (χ2n) is 4.38. The quantitative estimate of drug-likeness (QED) is 0.765. The van der Waals surface area contributed by atoms with Crippen LogP contribution in [0.1, 0.15) is 17.7 Å². The third-order valence-electron chi connectivity index (χ3n) is 2.93. The Kier molecular flexibility index (Phi) is 5.33. The van der Waals surface area contributed by atoms with Crippen molar-refractivity contribution in [2.75, 3.05) is 7.11 Å². The number of alkyl halides is 1. The third kappa shape index (κ3) is 4.63. The number of hydrogen-bond donors (Lipinski definition) is 0. The Morgan fingerprint density at radius 1 is 1.21 bits per heavy atom. The van der Waals surface area contributed by atoms with Crippen LogP contribution in [-0.2, 0) is 12.8 Å². The summed E-state index contributed by atoms with van der Waals surface area (Å²) in [6, 6.07) is 12.4. The van der Waals surface area contributed by atoms with Gasteiger partial charge in [0.1, 0.15) is 6.33 Å². The van der Waals surface area contributed by atoms with E-state index in [1.807, 2.05) is 12.1 Å². The predicted octanol–water partition coefficient (Wildman–Crippen LogP) is 3.42. The van der Waals surface area contributed by atoms with Crippen molar-refractivity contribution >= 4 is 15.9 Å². The first-order valence-corrected chi connectivity index (χ1v) is 7.22. The molecule has 0 saturated carbocycles. The number of nitrogens with zero attached hydrogens (tertiary/aromatic N) is 2. The molecule has 1 aromatic heterocycles. The molecule has 0 radical (unpaired) electrons. The normalized spacial score (nSPS) is 12.1. The molecule has 0 fully saturated rings. The summed E-state index contributed by atoms with van der Waals surface area (Å²) in [6.45, 7) is 0. The molecule has 0 saturated heterocycles. The highest BCUT2D eigenvalue weighted by atomic mass is 79.9. The fourth-order valence-electron chi connectivity index (χ4n) is 1.90. The monoisotopic (exact) mass is 320 g/mol. The van der Waals surface area contributed by atoms with Crippen molar-refractivity contribution in [1.29, 1.82) is 0 Å². The van der Waals surface area contributed by atoms with E-state index in [0.29, 0.717) is 10.7 Å². The zero-order valence-corrected chi connectivity index (χ0v) is 12.5. The van der Waals surface area contributed by atoms with Gasteiger partial charge in [-0.15, -0.1) is 0 Å². The minimum Gasteiger partial charge on any atom is -0.481 e. The summed E-state index contributed by atoms with van der Waals surface area (Å²) < 4.78 is 5.10. The second-order valence-corrected chi connectivity index (χ2v) is 5.67. The lowest BCUT2D eigenvalue weighted by atomic mass is 10.1. The van der Waals surface area contributed by atoms with Gasteiger partial charge in [-0.3, -0.25) is 0 Å². The molecule has 0 aliphatic carbocycles. The Balaban J connectivity index is 1.85.